The minimum absolute atomic E-state index is 0.0643. The van der Waals surface area contributed by atoms with Crippen LogP contribution in [0.3, 0.4) is 0 Å². The molecule has 1 radical (unpaired) electrons. The number of amides is 5. The normalized spacial score (nSPS) is 23.5. The summed E-state index contributed by atoms with van der Waals surface area (Å²) >= 11 is 1.32. The molecule has 365 valence electrons. The Labute approximate surface area is 399 Å². The number of carbonyl (C=O) groups excluding carboxylic acids is 5. The van der Waals surface area contributed by atoms with Crippen molar-refractivity contribution in [3.8, 4) is 11.3 Å². The quantitative estimate of drug-likeness (QED) is 0.164. The van der Waals surface area contributed by atoms with Crippen LogP contribution in [0.2, 0.25) is 0 Å². The number of hydrazine groups is 1. The second kappa shape index (κ2) is 19.2. The number of hydrogen-bond acceptors (Lipinski definition) is 11. The van der Waals surface area contributed by atoms with Crippen molar-refractivity contribution in [1.29, 1.82) is 0 Å². The van der Waals surface area contributed by atoms with Gasteiger partial charge in [0.25, 0.3) is 8.96 Å². The molecule has 5 atom stereocenters. The summed E-state index contributed by atoms with van der Waals surface area (Å²) in [4.78, 5) is 86.8. The minimum atomic E-state index is -4.55. The van der Waals surface area contributed by atoms with Gasteiger partial charge < -0.3 is 33.7 Å². The summed E-state index contributed by atoms with van der Waals surface area (Å²) in [6.45, 7) is 13.0. The Balaban J connectivity index is 1.19. The SMILES string of the molecule is C=CC(=O)N1CCN(C(=O)N(C)[C@H](C(=O)N[Si]2Cc3nc(cs3)C3=Cc4c5c(n(CC(F)(F)F)c4CC3C)-c3cccnc3[C@@H](OC)C5C(C)(C)COC(=O)[C@@H]3CCCN(N3)C2=O)C(C)C)CC1. The standard InChI is InChI=1S/C47H59F3N9O7SSi/c1-9-35(60)56-16-18-57(19-17-56)44(63)55(7)39(26(2)3)42(61)54-68-23-34-52-32(22-67-34)29-21-30-33(20-27(29)4)58(24-47(48,49)50)40-28-12-10-14-51-38(28)41(65-8)37(36(30)40)46(5,6)25-66-43(62)31-13-11-15-59(53-31)45(68)64/h9-10,12,14,21-22,26-27,31,37,39,41,53H,1,11,13,15-20,23-25H2,2-8H3,(H,54,61)/t27?,31-,37?,39-,41-/m0/s1. The monoisotopic (exact) mass is 978 g/mol. The Morgan fingerprint density at radius 1 is 1.16 bits per heavy atom. The number of esters is 1. The van der Waals surface area contributed by atoms with Crippen LogP contribution < -0.4 is 10.4 Å². The summed E-state index contributed by atoms with van der Waals surface area (Å²) in [5, 5.41) is 3.83. The van der Waals surface area contributed by atoms with E-state index < -0.39 is 68.6 Å². The van der Waals surface area contributed by atoms with E-state index in [0.29, 0.717) is 70.4 Å². The molecule has 0 spiro atoms. The van der Waals surface area contributed by atoms with E-state index in [9.17, 15) is 37.1 Å². The van der Waals surface area contributed by atoms with Crippen LogP contribution in [0.15, 0.2) is 36.4 Å². The second-order valence-corrected chi connectivity index (χ2v) is 22.3. The number of nitrogens with one attached hydrogen (secondary N) is 2. The maximum Gasteiger partial charge on any atom is 0.406 e. The van der Waals surface area contributed by atoms with Gasteiger partial charge in [0, 0.05) is 92.7 Å². The van der Waals surface area contributed by atoms with E-state index in [-0.39, 0.29) is 62.5 Å². The first-order chi connectivity index (χ1) is 32.2. The number of aromatic nitrogens is 3. The van der Waals surface area contributed by atoms with Crippen LogP contribution in [0.1, 0.15) is 92.7 Å². The average molecular weight is 979 g/mol. The third-order valence-electron chi connectivity index (χ3n) is 13.9. The zero-order chi connectivity index (χ0) is 49.0. The van der Waals surface area contributed by atoms with Gasteiger partial charge >= 0.3 is 18.2 Å². The Morgan fingerprint density at radius 3 is 2.56 bits per heavy atom. The van der Waals surface area contributed by atoms with Crippen LogP contribution in [0.4, 0.5) is 22.8 Å². The number of fused-ring (bicyclic) bond motifs is 7. The fourth-order valence-corrected chi connectivity index (χ4v) is 13.6. The lowest BCUT2D eigenvalue weighted by Crippen LogP contribution is -2.64. The fourth-order valence-electron chi connectivity index (χ4n) is 10.6. The lowest BCUT2D eigenvalue weighted by Gasteiger charge is -2.42. The molecule has 2 N–H and O–H groups in total. The summed E-state index contributed by atoms with van der Waals surface area (Å²) in [6.07, 6.45) is 0.597. The molecule has 6 heterocycles. The Hall–Kier alpha value is -5.38. The molecule has 2 unspecified atom stereocenters. The summed E-state index contributed by atoms with van der Waals surface area (Å²) in [6, 6.07) is 1.28. The van der Waals surface area contributed by atoms with E-state index in [2.05, 4.69) is 17.0 Å². The number of thiazole rings is 1. The molecule has 5 aliphatic rings. The van der Waals surface area contributed by atoms with Gasteiger partial charge in [0.1, 0.15) is 24.7 Å². The zero-order valence-electron chi connectivity index (χ0n) is 39.4. The van der Waals surface area contributed by atoms with Gasteiger partial charge in [-0.25, -0.2) is 15.2 Å². The highest BCUT2D eigenvalue weighted by molar-refractivity contribution is 7.10. The van der Waals surface area contributed by atoms with Crippen molar-refractivity contribution in [2.45, 2.75) is 96.8 Å². The molecule has 2 aliphatic carbocycles. The summed E-state index contributed by atoms with van der Waals surface area (Å²) in [5.74, 6) is -2.59. The zero-order valence-corrected chi connectivity index (χ0v) is 41.3. The van der Waals surface area contributed by atoms with Gasteiger partial charge in [-0.05, 0) is 66.5 Å². The average Bonchev–Trinajstić information content (AvgIpc) is 3.89. The number of rotatable bonds is 7. The number of halogens is 3. The maximum absolute atomic E-state index is 14.8. The third kappa shape index (κ3) is 9.37. The number of nitrogens with zero attached hydrogens (tertiary/aromatic N) is 7. The molecule has 3 aromatic rings. The number of pyridine rings is 1. The van der Waals surface area contributed by atoms with Gasteiger partial charge in [-0.1, -0.05) is 41.2 Å². The first-order valence-corrected chi connectivity index (χ1v) is 25.6. The number of cyclic esters (lactones) is 1. The molecule has 2 fully saturated rings. The van der Waals surface area contributed by atoms with Gasteiger partial charge in [-0.15, -0.1) is 11.3 Å². The number of hydrogen-bond donors (Lipinski definition) is 2. The predicted octanol–water partition coefficient (Wildman–Crippen LogP) is 5.94. The van der Waals surface area contributed by atoms with Crippen molar-refractivity contribution >= 4 is 61.3 Å². The minimum Gasteiger partial charge on any atom is -0.464 e. The lowest BCUT2D eigenvalue weighted by molar-refractivity contribution is -0.153. The maximum atomic E-state index is 14.8. The van der Waals surface area contributed by atoms with E-state index >= 15 is 0 Å². The highest BCUT2D eigenvalue weighted by Crippen LogP contribution is 2.58. The third-order valence-corrected chi connectivity index (χ3v) is 17.0. The Bertz CT molecular complexity index is 2520. The van der Waals surface area contributed by atoms with Crippen molar-refractivity contribution in [2.24, 2.45) is 17.3 Å². The number of methoxy groups -OCH3 is 1. The van der Waals surface area contributed by atoms with Crippen LogP contribution in [0, 0.1) is 17.3 Å². The molecule has 21 heteroatoms. The van der Waals surface area contributed by atoms with Crippen LogP contribution in [-0.4, -0.2) is 144 Å². The van der Waals surface area contributed by atoms with Crippen molar-refractivity contribution in [2.75, 3.05) is 53.5 Å². The van der Waals surface area contributed by atoms with E-state index in [1.807, 2.05) is 46.1 Å². The molecule has 16 nitrogen and oxygen atoms in total. The van der Waals surface area contributed by atoms with Crippen LogP contribution >= 0.6 is 11.3 Å². The molecule has 3 aliphatic heterocycles. The molecule has 2 saturated heterocycles. The molecular formula is C47H59F3N9O7SSi. The number of allylic oxidation sites excluding steroid dienone is 1. The van der Waals surface area contributed by atoms with E-state index in [4.69, 9.17) is 19.4 Å². The van der Waals surface area contributed by atoms with Gasteiger partial charge in [0.05, 0.1) is 28.7 Å². The molecule has 3 aromatic heterocycles. The van der Waals surface area contributed by atoms with Gasteiger partial charge in [0.15, 0.2) is 0 Å². The van der Waals surface area contributed by atoms with Crippen molar-refractivity contribution in [3.05, 3.63) is 69.6 Å². The smallest absolute Gasteiger partial charge is 0.406 e. The molecule has 8 rings (SSSR count). The van der Waals surface area contributed by atoms with Gasteiger partial charge in [0.2, 0.25) is 17.3 Å². The Kier molecular flexibility index (Phi) is 13.8. The highest BCUT2D eigenvalue weighted by atomic mass is 32.1. The highest BCUT2D eigenvalue weighted by Gasteiger charge is 2.50. The fraction of sp³-hybridized carbons (Fsp3) is 0.553. The van der Waals surface area contributed by atoms with E-state index in [1.165, 1.54) is 31.9 Å². The predicted molar refractivity (Wildman–Crippen MR) is 250 cm³/mol. The second-order valence-electron chi connectivity index (χ2n) is 19.3. The van der Waals surface area contributed by atoms with Crippen LogP contribution in [0.25, 0.3) is 22.9 Å². The molecule has 68 heavy (non-hydrogen) atoms. The topological polar surface area (TPSA) is 172 Å². The van der Waals surface area contributed by atoms with Gasteiger partial charge in [-0.2, -0.15) is 13.2 Å². The Morgan fingerprint density at radius 2 is 1.88 bits per heavy atom. The van der Waals surface area contributed by atoms with Gasteiger partial charge in [-0.3, -0.25) is 29.2 Å². The number of alkyl halides is 3. The molecule has 6 bridgehead atoms. The van der Waals surface area contributed by atoms with Crippen molar-refractivity contribution < 1.29 is 46.6 Å². The number of urea groups is 1. The summed E-state index contributed by atoms with van der Waals surface area (Å²) in [5.41, 5.74) is 6.45. The number of ether oxygens (including phenoxy) is 2. The van der Waals surface area contributed by atoms with E-state index in [1.54, 1.807) is 42.3 Å². The molecule has 5 amide bonds. The van der Waals surface area contributed by atoms with Crippen molar-refractivity contribution in [3.63, 3.8) is 0 Å². The number of carbonyl (C=O) groups is 5. The van der Waals surface area contributed by atoms with Crippen molar-refractivity contribution in [1.82, 2.24) is 44.7 Å². The largest absolute Gasteiger partial charge is 0.464 e. The van der Waals surface area contributed by atoms with Crippen LogP contribution in [0.5, 0.6) is 0 Å². The van der Waals surface area contributed by atoms with E-state index in [0.717, 1.165) is 5.57 Å². The molecule has 0 aromatic carbocycles. The molecule has 0 saturated carbocycles. The number of likely N-dealkylation sites (N-methyl/N-ethyl adjacent to an activating group) is 1. The summed E-state index contributed by atoms with van der Waals surface area (Å²) < 4.78 is 57.8. The number of piperazine rings is 1. The lowest BCUT2D eigenvalue weighted by atomic mass is 9.66. The van der Waals surface area contributed by atoms with Crippen LogP contribution in [-0.2, 0) is 42.9 Å². The first-order valence-electron chi connectivity index (χ1n) is 23.0. The molecular weight excluding hydrogens is 920 g/mol. The summed E-state index contributed by atoms with van der Waals surface area (Å²) in [7, 11) is 0.509. The first kappa shape index (κ1) is 49.1.